The van der Waals surface area contributed by atoms with Crippen molar-refractivity contribution in [2.75, 3.05) is 37.4 Å². The molecule has 0 aromatic carbocycles. The van der Waals surface area contributed by atoms with Crippen molar-refractivity contribution in [2.45, 2.75) is 39.7 Å². The van der Waals surface area contributed by atoms with Crippen molar-refractivity contribution < 1.29 is 4.74 Å². The zero-order valence-corrected chi connectivity index (χ0v) is 12.4. The summed E-state index contributed by atoms with van der Waals surface area (Å²) in [7, 11) is 1.78. The summed E-state index contributed by atoms with van der Waals surface area (Å²) in [6.07, 6.45) is 3.51. The highest BCUT2D eigenvalue weighted by atomic mass is 16.5. The first-order chi connectivity index (χ1) is 9.17. The van der Waals surface area contributed by atoms with Crippen LogP contribution >= 0.6 is 0 Å². The van der Waals surface area contributed by atoms with Gasteiger partial charge in [0.15, 0.2) is 5.82 Å². The summed E-state index contributed by atoms with van der Waals surface area (Å²) in [6, 6.07) is 0. The number of nitrogens with zero attached hydrogens (tertiary/aromatic N) is 3. The van der Waals surface area contributed by atoms with E-state index in [1.54, 1.807) is 7.11 Å². The second-order valence-electron chi connectivity index (χ2n) is 5.46. The van der Waals surface area contributed by atoms with Crippen molar-refractivity contribution in [3.63, 3.8) is 0 Å². The Balaban J connectivity index is 2.20. The third-order valence-corrected chi connectivity index (χ3v) is 3.80. The molecule has 0 bridgehead atoms. The minimum absolute atomic E-state index is 0.600. The molecule has 0 aliphatic carbocycles. The zero-order chi connectivity index (χ0) is 13.8. The molecule has 1 aliphatic rings. The van der Waals surface area contributed by atoms with Crippen molar-refractivity contribution >= 4 is 11.5 Å². The Morgan fingerprint density at radius 1 is 1.47 bits per heavy atom. The predicted molar refractivity (Wildman–Crippen MR) is 78.5 cm³/mol. The van der Waals surface area contributed by atoms with Crippen LogP contribution in [0, 0.1) is 12.8 Å². The lowest BCUT2D eigenvalue weighted by atomic mass is 9.99. The molecule has 1 fully saturated rings. The Hall–Kier alpha value is -1.23. The van der Waals surface area contributed by atoms with Crippen LogP contribution in [0.3, 0.4) is 0 Å². The number of methoxy groups -OCH3 is 1. The molecule has 1 aliphatic heterocycles. The summed E-state index contributed by atoms with van der Waals surface area (Å²) < 4.78 is 7.37. The van der Waals surface area contributed by atoms with Gasteiger partial charge in [0.05, 0.1) is 18.0 Å². The Morgan fingerprint density at radius 3 is 2.95 bits per heavy atom. The average molecular weight is 266 g/mol. The maximum atomic E-state index is 6.23. The molecular weight excluding hydrogens is 240 g/mol. The third kappa shape index (κ3) is 3.03. The van der Waals surface area contributed by atoms with E-state index in [2.05, 4.69) is 21.6 Å². The number of ether oxygens (including phenoxy) is 1. The molecule has 1 aromatic rings. The van der Waals surface area contributed by atoms with Gasteiger partial charge in [-0.3, -0.25) is 0 Å². The molecule has 1 saturated heterocycles. The second kappa shape index (κ2) is 6.28. The van der Waals surface area contributed by atoms with E-state index in [1.807, 2.05) is 6.92 Å². The summed E-state index contributed by atoms with van der Waals surface area (Å²) in [6.45, 7) is 8.00. The molecule has 108 valence electrons. The second-order valence-corrected chi connectivity index (χ2v) is 5.46. The number of anilines is 2. The zero-order valence-electron chi connectivity index (χ0n) is 12.4. The fraction of sp³-hybridized carbons (Fsp3) is 0.786. The molecule has 1 unspecified atom stereocenters. The fourth-order valence-electron chi connectivity index (χ4n) is 2.91. The van der Waals surface area contributed by atoms with Crippen LogP contribution in [0.4, 0.5) is 11.5 Å². The summed E-state index contributed by atoms with van der Waals surface area (Å²) >= 11 is 0. The molecule has 5 nitrogen and oxygen atoms in total. The van der Waals surface area contributed by atoms with Gasteiger partial charge in [0.1, 0.15) is 0 Å². The van der Waals surface area contributed by atoms with Gasteiger partial charge in [-0.05, 0) is 32.1 Å². The maximum Gasteiger partial charge on any atom is 0.150 e. The van der Waals surface area contributed by atoms with Crippen LogP contribution in [-0.4, -0.2) is 36.6 Å². The maximum absolute atomic E-state index is 6.23. The van der Waals surface area contributed by atoms with Crippen molar-refractivity contribution in [1.29, 1.82) is 0 Å². The minimum atomic E-state index is 0.600. The van der Waals surface area contributed by atoms with E-state index in [1.165, 1.54) is 12.8 Å². The van der Waals surface area contributed by atoms with Gasteiger partial charge in [-0.1, -0.05) is 6.92 Å². The van der Waals surface area contributed by atoms with E-state index < -0.39 is 0 Å². The number of hydrogen-bond acceptors (Lipinski definition) is 4. The highest BCUT2D eigenvalue weighted by molar-refractivity contribution is 5.66. The molecule has 2 rings (SSSR count). The average Bonchev–Trinajstić information content (AvgIpc) is 2.66. The highest BCUT2D eigenvalue weighted by Crippen LogP contribution is 2.30. The molecule has 0 amide bonds. The van der Waals surface area contributed by atoms with E-state index in [9.17, 15) is 0 Å². The van der Waals surface area contributed by atoms with E-state index in [0.29, 0.717) is 5.92 Å². The minimum Gasteiger partial charge on any atom is -0.394 e. The lowest BCUT2D eigenvalue weighted by molar-refractivity contribution is 0.143. The monoisotopic (exact) mass is 266 g/mol. The Labute approximate surface area is 115 Å². The largest absolute Gasteiger partial charge is 0.394 e. The number of nitrogens with two attached hydrogens (primary N) is 1. The molecule has 5 heteroatoms. The summed E-state index contributed by atoms with van der Waals surface area (Å²) in [5, 5.41) is 4.56. The Kier molecular flexibility index (Phi) is 4.69. The quantitative estimate of drug-likeness (QED) is 0.886. The molecule has 0 radical (unpaired) electrons. The number of piperidine rings is 1. The molecule has 0 spiro atoms. The van der Waals surface area contributed by atoms with Crippen LogP contribution in [0.25, 0.3) is 0 Å². The number of nitrogen functional groups attached to an aromatic ring is 1. The molecule has 1 aromatic heterocycles. The van der Waals surface area contributed by atoms with E-state index >= 15 is 0 Å². The van der Waals surface area contributed by atoms with Crippen LogP contribution in [-0.2, 0) is 11.3 Å². The smallest absolute Gasteiger partial charge is 0.150 e. The van der Waals surface area contributed by atoms with Gasteiger partial charge >= 0.3 is 0 Å². The Morgan fingerprint density at radius 2 is 2.26 bits per heavy atom. The summed E-state index contributed by atoms with van der Waals surface area (Å²) in [5.41, 5.74) is 8.01. The van der Waals surface area contributed by atoms with Crippen molar-refractivity contribution in [3.05, 3.63) is 5.69 Å². The summed E-state index contributed by atoms with van der Waals surface area (Å²) in [5.74, 6) is 1.71. The molecule has 1 atom stereocenters. The number of aryl methyl sites for hydroxylation is 2. The number of rotatable bonds is 5. The molecule has 19 heavy (non-hydrogen) atoms. The van der Waals surface area contributed by atoms with E-state index in [4.69, 9.17) is 10.5 Å². The van der Waals surface area contributed by atoms with Crippen LogP contribution in [0.1, 0.15) is 31.9 Å². The van der Waals surface area contributed by atoms with Gasteiger partial charge in [-0.25, -0.2) is 4.68 Å². The van der Waals surface area contributed by atoms with Gasteiger partial charge in [-0.2, -0.15) is 5.10 Å². The van der Waals surface area contributed by atoms with Crippen LogP contribution in [0.15, 0.2) is 0 Å². The van der Waals surface area contributed by atoms with E-state index in [-0.39, 0.29) is 0 Å². The molecule has 0 saturated carbocycles. The van der Waals surface area contributed by atoms with Gasteiger partial charge in [-0.15, -0.1) is 0 Å². The lowest BCUT2D eigenvalue weighted by Crippen LogP contribution is -2.38. The number of aromatic nitrogens is 2. The van der Waals surface area contributed by atoms with Crippen LogP contribution in [0.5, 0.6) is 0 Å². The van der Waals surface area contributed by atoms with Crippen LogP contribution in [0.2, 0.25) is 0 Å². The fourth-order valence-corrected chi connectivity index (χ4v) is 2.91. The van der Waals surface area contributed by atoms with Crippen molar-refractivity contribution in [2.24, 2.45) is 5.92 Å². The Bertz CT molecular complexity index is 414. The SMILES string of the molecule is CCCn1nc(C)c(N)c1N1CCCC(COC)C1. The first kappa shape index (κ1) is 14.2. The first-order valence-corrected chi connectivity index (χ1v) is 7.24. The summed E-state index contributed by atoms with van der Waals surface area (Å²) in [4.78, 5) is 2.39. The number of hydrogen-bond donors (Lipinski definition) is 1. The van der Waals surface area contributed by atoms with Gasteiger partial charge < -0.3 is 15.4 Å². The van der Waals surface area contributed by atoms with Gasteiger partial charge in [0, 0.05) is 26.7 Å². The van der Waals surface area contributed by atoms with Gasteiger partial charge in [0.2, 0.25) is 0 Å². The van der Waals surface area contributed by atoms with Crippen molar-refractivity contribution in [3.8, 4) is 0 Å². The first-order valence-electron chi connectivity index (χ1n) is 7.24. The van der Waals surface area contributed by atoms with Crippen molar-refractivity contribution in [1.82, 2.24) is 9.78 Å². The highest BCUT2D eigenvalue weighted by Gasteiger charge is 2.25. The van der Waals surface area contributed by atoms with Crippen LogP contribution < -0.4 is 10.6 Å². The predicted octanol–water partition coefficient (Wildman–Crippen LogP) is 2.05. The third-order valence-electron chi connectivity index (χ3n) is 3.80. The van der Waals surface area contributed by atoms with E-state index in [0.717, 1.165) is 49.9 Å². The molecular formula is C14H26N4O. The topological polar surface area (TPSA) is 56.3 Å². The molecule has 2 N–H and O–H groups in total. The standard InChI is InChI=1S/C14H26N4O/c1-4-7-18-14(13(15)11(2)16-18)17-8-5-6-12(9-17)10-19-3/h12H,4-10,15H2,1-3H3. The molecule has 2 heterocycles. The normalized spacial score (nSPS) is 19.9. The lowest BCUT2D eigenvalue weighted by Gasteiger charge is -2.34. The van der Waals surface area contributed by atoms with Gasteiger partial charge in [0.25, 0.3) is 0 Å².